The zero-order valence-corrected chi connectivity index (χ0v) is 19.1. The van der Waals surface area contributed by atoms with Crippen molar-refractivity contribution >= 4 is 27.4 Å². The van der Waals surface area contributed by atoms with Gasteiger partial charge in [-0.15, -0.1) is 0 Å². The van der Waals surface area contributed by atoms with Crippen LogP contribution in [-0.4, -0.2) is 74.2 Å². The lowest BCUT2D eigenvalue weighted by atomic mass is 10.2. The molecular formula is C21H29N5O5S. The predicted molar refractivity (Wildman–Crippen MR) is 122 cm³/mol. The molecule has 1 aromatic carbocycles. The molecule has 11 heteroatoms. The lowest BCUT2D eigenvalue weighted by molar-refractivity contribution is 0.0985. The van der Waals surface area contributed by atoms with Crippen LogP contribution in [0.3, 0.4) is 0 Å². The first-order valence-corrected chi connectivity index (χ1v) is 12.3. The van der Waals surface area contributed by atoms with Crippen LogP contribution in [-0.2, 0) is 20.3 Å². The van der Waals surface area contributed by atoms with E-state index >= 15 is 0 Å². The summed E-state index contributed by atoms with van der Waals surface area (Å²) >= 11 is 0. The SMILES string of the molecule is CCNC(=O)Nc1ccc(-c2nc(CS(=O)(=O)CCO)cc(N3CCOCC3C)n2)cc1. The molecule has 2 aromatic rings. The number of rotatable bonds is 8. The van der Waals surface area contributed by atoms with E-state index in [1.54, 1.807) is 30.3 Å². The standard InChI is InChI=1S/C21H29N5O5S/c1-3-22-21(28)24-17-6-4-16(5-7-17)20-23-18(14-32(29,30)11-9-27)12-19(25-20)26-8-10-31-13-15(26)2/h4-7,12,15,27H,3,8-11,13-14H2,1-2H3,(H2,22,24,28). The first-order chi connectivity index (χ1) is 15.3. The minimum atomic E-state index is -3.51. The van der Waals surface area contributed by atoms with Crippen LogP contribution in [0.5, 0.6) is 0 Å². The van der Waals surface area contributed by atoms with Gasteiger partial charge in [0.15, 0.2) is 15.7 Å². The first-order valence-electron chi connectivity index (χ1n) is 10.5. The van der Waals surface area contributed by atoms with E-state index in [1.807, 2.05) is 13.8 Å². The molecule has 1 atom stereocenters. The topological polar surface area (TPSA) is 134 Å². The van der Waals surface area contributed by atoms with E-state index in [9.17, 15) is 13.2 Å². The summed E-state index contributed by atoms with van der Waals surface area (Å²) in [5.41, 5.74) is 1.67. The van der Waals surface area contributed by atoms with Gasteiger partial charge in [-0.25, -0.2) is 23.2 Å². The van der Waals surface area contributed by atoms with Gasteiger partial charge in [-0.05, 0) is 38.1 Å². The Morgan fingerprint density at radius 2 is 2.03 bits per heavy atom. The van der Waals surface area contributed by atoms with Crippen molar-refractivity contribution in [3.05, 3.63) is 36.0 Å². The number of amides is 2. The number of anilines is 2. The highest BCUT2D eigenvalue weighted by Gasteiger charge is 2.23. The number of benzene rings is 1. The molecule has 3 rings (SSSR count). The number of sulfone groups is 1. The van der Waals surface area contributed by atoms with Crippen molar-refractivity contribution in [3.8, 4) is 11.4 Å². The third kappa shape index (κ3) is 6.38. The summed E-state index contributed by atoms with van der Waals surface area (Å²) in [6, 6.07) is 8.49. The zero-order chi connectivity index (χ0) is 23.1. The summed E-state index contributed by atoms with van der Waals surface area (Å²) in [6.45, 7) is 5.68. The number of aromatic nitrogens is 2. The van der Waals surface area contributed by atoms with Crippen molar-refractivity contribution in [1.82, 2.24) is 15.3 Å². The third-order valence-corrected chi connectivity index (χ3v) is 6.48. The number of carbonyl (C=O) groups excluding carboxylic acids is 1. The fourth-order valence-electron chi connectivity index (χ4n) is 3.38. The van der Waals surface area contributed by atoms with Gasteiger partial charge in [0.2, 0.25) is 0 Å². The lowest BCUT2D eigenvalue weighted by Gasteiger charge is -2.34. The van der Waals surface area contributed by atoms with E-state index in [2.05, 4.69) is 25.5 Å². The molecule has 1 aliphatic rings. The Kier molecular flexibility index (Phi) is 7.99. The molecule has 1 aliphatic heterocycles. The quantitative estimate of drug-likeness (QED) is 0.535. The smallest absolute Gasteiger partial charge is 0.319 e. The Hall–Kier alpha value is -2.76. The van der Waals surface area contributed by atoms with Crippen LogP contribution in [0, 0.1) is 0 Å². The molecule has 0 spiro atoms. The predicted octanol–water partition coefficient (Wildman–Crippen LogP) is 1.42. The molecule has 1 saturated heterocycles. The van der Waals surface area contributed by atoms with Crippen molar-refractivity contribution in [2.45, 2.75) is 25.6 Å². The summed E-state index contributed by atoms with van der Waals surface area (Å²) in [6.07, 6.45) is 0. The molecule has 2 heterocycles. The highest BCUT2D eigenvalue weighted by atomic mass is 32.2. The molecular weight excluding hydrogens is 434 g/mol. The third-order valence-electron chi connectivity index (χ3n) is 4.94. The zero-order valence-electron chi connectivity index (χ0n) is 18.2. The van der Waals surface area contributed by atoms with Crippen molar-refractivity contribution in [3.63, 3.8) is 0 Å². The highest BCUT2D eigenvalue weighted by Crippen LogP contribution is 2.25. The molecule has 32 heavy (non-hydrogen) atoms. The van der Waals surface area contributed by atoms with Crippen LogP contribution in [0.15, 0.2) is 30.3 Å². The maximum absolute atomic E-state index is 12.3. The van der Waals surface area contributed by atoms with Crippen LogP contribution >= 0.6 is 0 Å². The number of aliphatic hydroxyl groups is 1. The van der Waals surface area contributed by atoms with Crippen molar-refractivity contribution < 1.29 is 23.1 Å². The minimum Gasteiger partial charge on any atom is -0.395 e. The van der Waals surface area contributed by atoms with E-state index in [4.69, 9.17) is 9.84 Å². The van der Waals surface area contributed by atoms with Gasteiger partial charge in [-0.2, -0.15) is 0 Å². The van der Waals surface area contributed by atoms with E-state index in [0.717, 1.165) is 0 Å². The maximum atomic E-state index is 12.3. The molecule has 174 valence electrons. The number of morpholine rings is 1. The summed E-state index contributed by atoms with van der Waals surface area (Å²) in [5.74, 6) is 0.408. The van der Waals surface area contributed by atoms with Gasteiger partial charge in [0.1, 0.15) is 5.82 Å². The Morgan fingerprint density at radius 1 is 1.28 bits per heavy atom. The molecule has 1 unspecified atom stereocenters. The molecule has 3 N–H and O–H groups in total. The fraction of sp³-hybridized carbons (Fsp3) is 0.476. The van der Waals surface area contributed by atoms with Crippen LogP contribution in [0.1, 0.15) is 19.5 Å². The summed E-state index contributed by atoms with van der Waals surface area (Å²) < 4.78 is 30.1. The Bertz CT molecular complexity index is 1030. The largest absolute Gasteiger partial charge is 0.395 e. The van der Waals surface area contributed by atoms with Crippen molar-refractivity contribution in [1.29, 1.82) is 0 Å². The fourth-order valence-corrected chi connectivity index (χ4v) is 4.40. The Balaban J connectivity index is 1.94. The number of ether oxygens (including phenoxy) is 1. The number of aliphatic hydroxyl groups excluding tert-OH is 1. The van der Waals surface area contributed by atoms with E-state index in [1.165, 1.54) is 0 Å². The average Bonchev–Trinajstić information content (AvgIpc) is 2.74. The molecule has 0 aliphatic carbocycles. The normalized spacial score (nSPS) is 16.6. The average molecular weight is 464 g/mol. The van der Waals surface area contributed by atoms with Crippen LogP contribution in [0.2, 0.25) is 0 Å². The van der Waals surface area contributed by atoms with Gasteiger partial charge in [0.05, 0.1) is 43.1 Å². The molecule has 10 nitrogen and oxygen atoms in total. The van der Waals surface area contributed by atoms with Crippen LogP contribution in [0.25, 0.3) is 11.4 Å². The minimum absolute atomic E-state index is 0.0806. The van der Waals surface area contributed by atoms with E-state index < -0.39 is 16.4 Å². The number of urea groups is 1. The van der Waals surface area contributed by atoms with Crippen LogP contribution < -0.4 is 15.5 Å². The molecule has 1 fully saturated rings. The van der Waals surface area contributed by atoms with E-state index in [0.29, 0.717) is 54.9 Å². The number of nitrogens with zero attached hydrogens (tertiary/aromatic N) is 3. The van der Waals surface area contributed by atoms with Gasteiger partial charge in [0.25, 0.3) is 0 Å². The highest BCUT2D eigenvalue weighted by molar-refractivity contribution is 7.90. The lowest BCUT2D eigenvalue weighted by Crippen LogP contribution is -2.44. The maximum Gasteiger partial charge on any atom is 0.319 e. The monoisotopic (exact) mass is 463 g/mol. The molecule has 0 saturated carbocycles. The van der Waals surface area contributed by atoms with E-state index in [-0.39, 0.29) is 23.6 Å². The van der Waals surface area contributed by atoms with Gasteiger partial charge in [-0.1, -0.05) is 0 Å². The second kappa shape index (κ2) is 10.7. The van der Waals surface area contributed by atoms with Gasteiger partial charge < -0.3 is 25.4 Å². The Morgan fingerprint density at radius 3 is 2.69 bits per heavy atom. The summed E-state index contributed by atoms with van der Waals surface area (Å²) in [5, 5.41) is 14.5. The van der Waals surface area contributed by atoms with Gasteiger partial charge in [0, 0.05) is 30.4 Å². The number of hydrogen-bond acceptors (Lipinski definition) is 8. The first kappa shape index (κ1) is 23.9. The van der Waals surface area contributed by atoms with Crippen LogP contribution in [0.4, 0.5) is 16.3 Å². The second-order valence-corrected chi connectivity index (χ2v) is 9.72. The van der Waals surface area contributed by atoms with Crippen molar-refractivity contribution in [2.24, 2.45) is 0 Å². The molecule has 0 bridgehead atoms. The molecule has 2 amide bonds. The summed E-state index contributed by atoms with van der Waals surface area (Å²) in [7, 11) is -3.51. The van der Waals surface area contributed by atoms with Crippen molar-refractivity contribution in [2.75, 3.05) is 48.9 Å². The number of hydrogen-bond donors (Lipinski definition) is 3. The van der Waals surface area contributed by atoms with Gasteiger partial charge >= 0.3 is 6.03 Å². The molecule has 1 aromatic heterocycles. The number of carbonyl (C=O) groups is 1. The Labute approximate surface area is 187 Å². The second-order valence-electron chi connectivity index (χ2n) is 7.54. The number of nitrogens with one attached hydrogen (secondary N) is 2. The summed E-state index contributed by atoms with van der Waals surface area (Å²) in [4.78, 5) is 23.0. The molecule has 0 radical (unpaired) electrons. The van der Waals surface area contributed by atoms with Gasteiger partial charge in [-0.3, -0.25) is 0 Å².